The molecule has 0 unspecified atom stereocenters. The van der Waals surface area contributed by atoms with E-state index in [2.05, 4.69) is 21.7 Å². The summed E-state index contributed by atoms with van der Waals surface area (Å²) in [4.78, 5) is 19.4. The fourth-order valence-corrected chi connectivity index (χ4v) is 5.15. The van der Waals surface area contributed by atoms with Crippen molar-refractivity contribution in [2.75, 3.05) is 11.9 Å². The fraction of sp³-hybridized carbons (Fsp3) is 0.200. The number of hydrogen-bond donors (Lipinski definition) is 2. The molecule has 7 nitrogen and oxygen atoms in total. The number of hydrogen-bond acceptors (Lipinski definition) is 4. The highest BCUT2D eigenvalue weighted by Crippen LogP contribution is 2.27. The zero-order valence-corrected chi connectivity index (χ0v) is 25.5. The van der Waals surface area contributed by atoms with Gasteiger partial charge in [-0.1, -0.05) is 53.0 Å². The Hall–Kier alpha value is -3.61. The number of carbonyl (C=O) groups is 1. The highest BCUT2D eigenvalue weighted by atomic mass is 35.5. The molecule has 0 saturated carbocycles. The summed E-state index contributed by atoms with van der Waals surface area (Å²) in [5.74, 6) is -0.181. The molecule has 2 N–H and O–H groups in total. The van der Waals surface area contributed by atoms with Crippen LogP contribution in [0, 0.1) is 11.3 Å². The lowest BCUT2D eigenvalue weighted by Crippen LogP contribution is -2.53. The Kier molecular flexibility index (Phi) is 9.90. The maximum atomic E-state index is 13.2. The topological polar surface area (TPSA) is 86.0 Å². The van der Waals surface area contributed by atoms with Gasteiger partial charge >= 0.3 is 0 Å². The van der Waals surface area contributed by atoms with Crippen molar-refractivity contribution in [1.82, 2.24) is 19.8 Å². The van der Waals surface area contributed by atoms with Crippen molar-refractivity contribution in [1.29, 1.82) is 5.26 Å². The van der Waals surface area contributed by atoms with Crippen molar-refractivity contribution in [3.63, 3.8) is 0 Å². The molecule has 1 heterocycles. The minimum atomic E-state index is -0.693. The summed E-state index contributed by atoms with van der Waals surface area (Å²) in [5, 5.41) is 17.3. The van der Waals surface area contributed by atoms with Gasteiger partial charge in [-0.25, -0.2) is 4.98 Å². The molecule has 0 atom stereocenters. The molecule has 11 heteroatoms. The van der Waals surface area contributed by atoms with Crippen LogP contribution >= 0.6 is 47.0 Å². The van der Waals surface area contributed by atoms with Gasteiger partial charge in [0.1, 0.15) is 0 Å². The number of anilines is 1. The van der Waals surface area contributed by atoms with E-state index in [1.54, 1.807) is 42.9 Å². The predicted molar refractivity (Wildman–Crippen MR) is 169 cm³/mol. The van der Waals surface area contributed by atoms with Crippen LogP contribution in [0.5, 0.6) is 0 Å². The predicted octanol–water partition coefficient (Wildman–Crippen LogP) is 7.04. The molecule has 0 radical (unpaired) electrons. The van der Waals surface area contributed by atoms with Gasteiger partial charge in [0.2, 0.25) is 5.91 Å². The van der Waals surface area contributed by atoms with E-state index in [4.69, 9.17) is 52.3 Å². The number of rotatable bonds is 9. The van der Waals surface area contributed by atoms with Crippen molar-refractivity contribution >= 4 is 63.7 Å². The summed E-state index contributed by atoms with van der Waals surface area (Å²) in [5.41, 5.74) is 2.92. The number of imidazole rings is 1. The maximum absolute atomic E-state index is 13.2. The van der Waals surface area contributed by atoms with Crippen LogP contribution in [-0.2, 0) is 17.8 Å². The Morgan fingerprint density at radius 2 is 1.83 bits per heavy atom. The zero-order chi connectivity index (χ0) is 29.6. The lowest BCUT2D eigenvalue weighted by atomic mass is 10.0. The van der Waals surface area contributed by atoms with Crippen molar-refractivity contribution in [2.45, 2.75) is 32.4 Å². The van der Waals surface area contributed by atoms with Gasteiger partial charge in [0.25, 0.3) is 0 Å². The van der Waals surface area contributed by atoms with E-state index < -0.39 is 5.54 Å². The molecular weight excluding hydrogens is 599 g/mol. The number of nitriles is 1. The molecular formula is C30H27Cl3N6OS. The first kappa shape index (κ1) is 30.4. The molecule has 0 fully saturated rings. The first-order chi connectivity index (χ1) is 19.5. The Balaban J connectivity index is 1.50. The summed E-state index contributed by atoms with van der Waals surface area (Å²) in [6.45, 7) is 4.58. The maximum Gasteiger partial charge on any atom is 0.226 e. The quantitative estimate of drug-likeness (QED) is 0.194. The second-order valence-electron chi connectivity index (χ2n) is 10.0. The second-order valence-corrected chi connectivity index (χ2v) is 11.6. The third-order valence-electron chi connectivity index (χ3n) is 6.15. The molecule has 1 aromatic heterocycles. The minimum Gasteiger partial charge on any atom is -0.349 e. The van der Waals surface area contributed by atoms with Crippen LogP contribution in [0.4, 0.5) is 5.69 Å². The molecule has 0 aliphatic rings. The van der Waals surface area contributed by atoms with Crippen LogP contribution in [0.3, 0.4) is 0 Å². The summed E-state index contributed by atoms with van der Waals surface area (Å²) in [7, 11) is 0. The van der Waals surface area contributed by atoms with E-state index in [0.717, 1.165) is 16.9 Å². The number of thiocarbonyl (C=S) groups is 1. The van der Waals surface area contributed by atoms with Gasteiger partial charge in [0.15, 0.2) is 5.11 Å². The Morgan fingerprint density at radius 3 is 2.54 bits per heavy atom. The van der Waals surface area contributed by atoms with Crippen molar-refractivity contribution in [3.05, 3.63) is 111 Å². The van der Waals surface area contributed by atoms with E-state index in [1.807, 2.05) is 59.7 Å². The lowest BCUT2D eigenvalue weighted by Gasteiger charge is -2.35. The van der Waals surface area contributed by atoms with E-state index in [0.29, 0.717) is 44.5 Å². The molecule has 41 heavy (non-hydrogen) atoms. The van der Waals surface area contributed by atoms with Crippen LogP contribution in [0.1, 0.15) is 30.7 Å². The zero-order valence-electron chi connectivity index (χ0n) is 22.4. The Labute approximate surface area is 259 Å². The fourth-order valence-electron chi connectivity index (χ4n) is 4.33. The van der Waals surface area contributed by atoms with Gasteiger partial charge in [-0.05, 0) is 80.2 Å². The molecule has 210 valence electrons. The van der Waals surface area contributed by atoms with Gasteiger partial charge in [-0.15, -0.1) is 0 Å². The highest BCUT2D eigenvalue weighted by molar-refractivity contribution is 7.80. The first-order valence-electron chi connectivity index (χ1n) is 12.6. The third-order valence-corrected chi connectivity index (χ3v) is 7.60. The number of carbonyl (C=O) groups excluding carboxylic acids is 1. The third kappa shape index (κ3) is 8.21. The number of benzene rings is 3. The minimum absolute atomic E-state index is 0.106. The van der Waals surface area contributed by atoms with Crippen LogP contribution < -0.4 is 10.6 Å². The van der Waals surface area contributed by atoms with Gasteiger partial charge in [0.05, 0.1) is 45.7 Å². The molecule has 4 rings (SSSR count). The molecule has 1 amide bonds. The number of aromatic nitrogens is 2. The van der Waals surface area contributed by atoms with Gasteiger partial charge in [0, 0.05) is 35.7 Å². The molecule has 0 aliphatic carbocycles. The molecule has 0 aliphatic heterocycles. The number of nitrogens with zero attached hydrogens (tertiary/aromatic N) is 4. The summed E-state index contributed by atoms with van der Waals surface area (Å²) >= 11 is 24.7. The van der Waals surface area contributed by atoms with Crippen molar-refractivity contribution in [3.8, 4) is 11.8 Å². The van der Waals surface area contributed by atoms with Crippen molar-refractivity contribution < 1.29 is 4.79 Å². The van der Waals surface area contributed by atoms with Gasteiger partial charge < -0.3 is 20.1 Å². The molecule has 0 bridgehead atoms. The highest BCUT2D eigenvalue weighted by Gasteiger charge is 2.27. The van der Waals surface area contributed by atoms with Crippen LogP contribution in [0.2, 0.25) is 15.1 Å². The van der Waals surface area contributed by atoms with Gasteiger partial charge in [-0.2, -0.15) is 5.26 Å². The Morgan fingerprint density at radius 1 is 1.10 bits per heavy atom. The lowest BCUT2D eigenvalue weighted by molar-refractivity contribution is -0.122. The monoisotopic (exact) mass is 624 g/mol. The molecule has 4 aromatic rings. The Bertz CT molecular complexity index is 1600. The smallest absolute Gasteiger partial charge is 0.226 e. The largest absolute Gasteiger partial charge is 0.349 e. The normalized spacial score (nSPS) is 11.0. The van der Waals surface area contributed by atoms with E-state index in [1.165, 1.54) is 0 Å². The summed E-state index contributed by atoms with van der Waals surface area (Å²) in [6, 6.07) is 21.9. The van der Waals surface area contributed by atoms with E-state index >= 15 is 0 Å². The second kappa shape index (κ2) is 13.4. The number of amides is 1. The molecule has 0 saturated heterocycles. The standard InChI is InChI=1S/C30H27Cl3N6OS/c1-30(2,37-27(40)14-25-16-35-19-39(25)24-11-9-20(15-34)10-12-24)18-38(17-21-5-3-8-26(32)28(21)33)29(41)36-23-7-4-6-22(31)13-23/h3-13,16,19H,14,17-18H2,1-2H3,(H,36,41)(H,37,40). The van der Waals surface area contributed by atoms with Crippen LogP contribution in [-0.4, -0.2) is 37.6 Å². The first-order valence-corrected chi connectivity index (χ1v) is 14.2. The molecule has 0 spiro atoms. The average Bonchev–Trinajstić information content (AvgIpc) is 3.38. The summed E-state index contributed by atoms with van der Waals surface area (Å²) in [6.07, 6.45) is 3.41. The number of halogens is 3. The summed E-state index contributed by atoms with van der Waals surface area (Å²) < 4.78 is 1.82. The van der Waals surface area contributed by atoms with Crippen LogP contribution in [0.25, 0.3) is 5.69 Å². The van der Waals surface area contributed by atoms with Gasteiger partial charge in [-0.3, -0.25) is 4.79 Å². The molecule has 3 aromatic carbocycles. The van der Waals surface area contributed by atoms with E-state index in [9.17, 15) is 4.79 Å². The number of nitrogens with one attached hydrogen (secondary N) is 2. The SMILES string of the molecule is CC(C)(CN(Cc1cccc(Cl)c1Cl)C(=S)Nc1cccc(Cl)c1)NC(=O)Cc1cncn1-c1ccc(C#N)cc1. The average molecular weight is 626 g/mol. The van der Waals surface area contributed by atoms with E-state index in [-0.39, 0.29) is 12.3 Å². The van der Waals surface area contributed by atoms with Crippen LogP contribution in [0.15, 0.2) is 79.3 Å². The van der Waals surface area contributed by atoms with Crippen molar-refractivity contribution in [2.24, 2.45) is 0 Å².